The van der Waals surface area contributed by atoms with Crippen LogP contribution in [0.5, 0.6) is 5.75 Å². The normalized spacial score (nSPS) is 18.7. The van der Waals surface area contributed by atoms with E-state index >= 15 is 0 Å². The number of hydrogen-bond acceptors (Lipinski definition) is 3. The van der Waals surface area contributed by atoms with Crippen molar-refractivity contribution in [3.05, 3.63) is 30.1 Å². The molecular weight excluding hydrogens is 241 g/mol. The van der Waals surface area contributed by atoms with Gasteiger partial charge in [0.05, 0.1) is 0 Å². The van der Waals surface area contributed by atoms with E-state index in [4.69, 9.17) is 9.84 Å². The molecule has 1 atom stereocenters. The molecule has 0 bridgehead atoms. The molecule has 1 unspecified atom stereocenters. The van der Waals surface area contributed by atoms with Gasteiger partial charge < -0.3 is 9.84 Å². The minimum atomic E-state index is -1.05. The van der Waals surface area contributed by atoms with Crippen LogP contribution < -0.4 is 4.74 Å². The van der Waals surface area contributed by atoms with E-state index in [-0.39, 0.29) is 5.75 Å². The van der Waals surface area contributed by atoms with E-state index in [0.717, 1.165) is 11.0 Å². The Hall–Kier alpha value is -2.11. The number of halogens is 1. The molecule has 1 aliphatic heterocycles. The third kappa shape index (κ3) is 2.58. The molecule has 1 aliphatic rings. The molecule has 1 aromatic rings. The van der Waals surface area contributed by atoms with E-state index in [1.54, 1.807) is 0 Å². The van der Waals surface area contributed by atoms with Crippen molar-refractivity contribution >= 4 is 12.1 Å². The van der Waals surface area contributed by atoms with Crippen LogP contribution in [-0.2, 0) is 4.79 Å². The summed E-state index contributed by atoms with van der Waals surface area (Å²) in [7, 11) is 0. The first kappa shape index (κ1) is 12.3. The van der Waals surface area contributed by atoms with Gasteiger partial charge in [0.2, 0.25) is 0 Å². The summed E-state index contributed by atoms with van der Waals surface area (Å²) in [6.45, 7) is 0.338. The smallest absolute Gasteiger partial charge is 0.415 e. The predicted octanol–water partition coefficient (Wildman–Crippen LogP) is 1.87. The van der Waals surface area contributed by atoms with E-state index in [1.807, 2.05) is 0 Å². The van der Waals surface area contributed by atoms with Crippen LogP contribution in [-0.4, -0.2) is 34.7 Å². The van der Waals surface area contributed by atoms with Gasteiger partial charge in [-0.15, -0.1) is 0 Å². The van der Waals surface area contributed by atoms with E-state index in [9.17, 15) is 14.0 Å². The number of amides is 1. The van der Waals surface area contributed by atoms with Gasteiger partial charge in [-0.05, 0) is 25.0 Å². The highest BCUT2D eigenvalue weighted by Gasteiger charge is 2.35. The molecular formula is C12H12FNO4. The van der Waals surface area contributed by atoms with Gasteiger partial charge in [0.1, 0.15) is 17.6 Å². The maximum absolute atomic E-state index is 12.9. The summed E-state index contributed by atoms with van der Waals surface area (Å²) in [5.74, 6) is -1.50. The SMILES string of the molecule is O=C(O)C1CCCN1C(=O)Oc1cccc(F)c1. The number of carbonyl (C=O) groups excluding carboxylic acids is 1. The van der Waals surface area contributed by atoms with Crippen LogP contribution >= 0.6 is 0 Å². The van der Waals surface area contributed by atoms with Crippen molar-refractivity contribution in [3.63, 3.8) is 0 Å². The molecule has 1 fully saturated rings. The molecule has 1 N–H and O–H groups in total. The number of hydrogen-bond donors (Lipinski definition) is 1. The topological polar surface area (TPSA) is 66.8 Å². The number of carbonyl (C=O) groups is 2. The van der Waals surface area contributed by atoms with E-state index < -0.39 is 23.9 Å². The Bertz CT molecular complexity index is 477. The number of likely N-dealkylation sites (tertiary alicyclic amines) is 1. The molecule has 0 spiro atoms. The molecule has 0 aromatic heterocycles. The van der Waals surface area contributed by atoms with Crippen LogP contribution in [0, 0.1) is 5.82 Å². The fourth-order valence-corrected chi connectivity index (χ4v) is 1.93. The van der Waals surface area contributed by atoms with Crippen LogP contribution in [0.4, 0.5) is 9.18 Å². The first-order chi connectivity index (χ1) is 8.58. The second-order valence-corrected chi connectivity index (χ2v) is 4.02. The van der Waals surface area contributed by atoms with E-state index in [0.29, 0.717) is 19.4 Å². The van der Waals surface area contributed by atoms with Gasteiger partial charge in [0.25, 0.3) is 0 Å². The highest BCUT2D eigenvalue weighted by atomic mass is 19.1. The van der Waals surface area contributed by atoms with Gasteiger partial charge in [-0.3, -0.25) is 4.90 Å². The molecule has 1 amide bonds. The number of carboxylic acid groups (broad SMARTS) is 1. The summed E-state index contributed by atoms with van der Waals surface area (Å²) in [5, 5.41) is 8.93. The zero-order chi connectivity index (χ0) is 13.1. The molecule has 1 aromatic carbocycles. The molecule has 1 saturated heterocycles. The lowest BCUT2D eigenvalue weighted by Crippen LogP contribution is -2.41. The molecule has 18 heavy (non-hydrogen) atoms. The summed E-state index contributed by atoms with van der Waals surface area (Å²) in [6.07, 6.45) is 0.272. The second kappa shape index (κ2) is 5.03. The fraction of sp³-hybridized carbons (Fsp3) is 0.333. The van der Waals surface area contributed by atoms with Crippen molar-refractivity contribution in [2.24, 2.45) is 0 Å². The highest BCUT2D eigenvalue weighted by Crippen LogP contribution is 2.20. The van der Waals surface area contributed by atoms with Crippen molar-refractivity contribution in [2.45, 2.75) is 18.9 Å². The Morgan fingerprint density at radius 3 is 2.89 bits per heavy atom. The maximum Gasteiger partial charge on any atom is 0.415 e. The van der Waals surface area contributed by atoms with Crippen molar-refractivity contribution in [1.82, 2.24) is 4.90 Å². The number of rotatable bonds is 2. The minimum absolute atomic E-state index is 0.0658. The van der Waals surface area contributed by atoms with Gasteiger partial charge in [-0.2, -0.15) is 0 Å². The maximum atomic E-state index is 12.9. The lowest BCUT2D eigenvalue weighted by atomic mass is 10.2. The average Bonchev–Trinajstić information content (AvgIpc) is 2.77. The lowest BCUT2D eigenvalue weighted by molar-refractivity contribution is -0.141. The molecule has 1 heterocycles. The first-order valence-electron chi connectivity index (χ1n) is 5.55. The highest BCUT2D eigenvalue weighted by molar-refractivity contribution is 5.81. The predicted molar refractivity (Wildman–Crippen MR) is 59.8 cm³/mol. The largest absolute Gasteiger partial charge is 0.480 e. The second-order valence-electron chi connectivity index (χ2n) is 4.02. The summed E-state index contributed by atoms with van der Waals surface area (Å²) in [5.41, 5.74) is 0. The van der Waals surface area contributed by atoms with Crippen molar-refractivity contribution in [3.8, 4) is 5.75 Å². The van der Waals surface area contributed by atoms with Gasteiger partial charge in [-0.1, -0.05) is 6.07 Å². The monoisotopic (exact) mass is 253 g/mol. The van der Waals surface area contributed by atoms with Crippen LogP contribution in [0.1, 0.15) is 12.8 Å². The van der Waals surface area contributed by atoms with E-state index in [2.05, 4.69) is 0 Å². The summed E-state index contributed by atoms with van der Waals surface area (Å²) in [4.78, 5) is 23.8. The average molecular weight is 253 g/mol. The van der Waals surface area contributed by atoms with Gasteiger partial charge in [0, 0.05) is 12.6 Å². The molecule has 0 radical (unpaired) electrons. The molecule has 5 nitrogen and oxygen atoms in total. The number of ether oxygens (including phenoxy) is 1. The fourth-order valence-electron chi connectivity index (χ4n) is 1.93. The number of aliphatic carboxylic acids is 1. The third-order valence-electron chi connectivity index (χ3n) is 2.77. The van der Waals surface area contributed by atoms with Crippen molar-refractivity contribution < 1.29 is 23.8 Å². The first-order valence-corrected chi connectivity index (χ1v) is 5.55. The van der Waals surface area contributed by atoms with E-state index in [1.165, 1.54) is 18.2 Å². The van der Waals surface area contributed by atoms with Gasteiger partial charge >= 0.3 is 12.1 Å². The number of nitrogens with zero attached hydrogens (tertiary/aromatic N) is 1. The summed E-state index contributed by atoms with van der Waals surface area (Å²) < 4.78 is 17.8. The Labute approximate surface area is 103 Å². The lowest BCUT2D eigenvalue weighted by Gasteiger charge is -2.20. The Balaban J connectivity index is 2.06. The quantitative estimate of drug-likeness (QED) is 0.873. The van der Waals surface area contributed by atoms with Crippen molar-refractivity contribution in [1.29, 1.82) is 0 Å². The van der Waals surface area contributed by atoms with Crippen molar-refractivity contribution in [2.75, 3.05) is 6.54 Å². The Morgan fingerprint density at radius 1 is 1.44 bits per heavy atom. The number of benzene rings is 1. The number of carboxylic acids is 1. The Kier molecular flexibility index (Phi) is 3.45. The van der Waals surface area contributed by atoms with Gasteiger partial charge in [0.15, 0.2) is 0 Å². The molecule has 0 aliphatic carbocycles. The summed E-state index contributed by atoms with van der Waals surface area (Å²) >= 11 is 0. The minimum Gasteiger partial charge on any atom is -0.480 e. The zero-order valence-electron chi connectivity index (χ0n) is 9.51. The van der Waals surface area contributed by atoms with Crippen LogP contribution in [0.2, 0.25) is 0 Å². The molecule has 96 valence electrons. The Morgan fingerprint density at radius 2 is 2.22 bits per heavy atom. The van der Waals surface area contributed by atoms with Crippen LogP contribution in [0.3, 0.4) is 0 Å². The molecule has 0 saturated carbocycles. The zero-order valence-corrected chi connectivity index (χ0v) is 9.51. The third-order valence-corrected chi connectivity index (χ3v) is 2.77. The molecule has 2 rings (SSSR count). The molecule has 6 heteroatoms. The summed E-state index contributed by atoms with van der Waals surface area (Å²) in [6, 6.07) is 4.30. The standard InChI is InChI=1S/C12H12FNO4/c13-8-3-1-4-9(7-8)18-12(17)14-6-2-5-10(14)11(15)16/h1,3-4,7,10H,2,5-6H2,(H,15,16). The van der Waals surface area contributed by atoms with Crippen LogP contribution in [0.25, 0.3) is 0 Å². The van der Waals surface area contributed by atoms with Crippen LogP contribution in [0.15, 0.2) is 24.3 Å². The van der Waals surface area contributed by atoms with Gasteiger partial charge in [-0.25, -0.2) is 14.0 Å².